The van der Waals surface area contributed by atoms with E-state index in [1.165, 1.54) is 6.07 Å². The van der Waals surface area contributed by atoms with Crippen LogP contribution in [-0.2, 0) is 6.54 Å². The van der Waals surface area contributed by atoms with Gasteiger partial charge < -0.3 is 10.7 Å². The minimum absolute atomic E-state index is 0.0611. The minimum atomic E-state index is -0.309. The van der Waals surface area contributed by atoms with E-state index in [1.54, 1.807) is 24.3 Å². The van der Waals surface area contributed by atoms with Crippen molar-refractivity contribution in [3.8, 4) is 0 Å². The summed E-state index contributed by atoms with van der Waals surface area (Å²) in [7, 11) is 0. The summed E-state index contributed by atoms with van der Waals surface area (Å²) in [5.74, 6) is 0. The molecular formula is C11H10N2O2. The van der Waals surface area contributed by atoms with E-state index in [-0.39, 0.29) is 17.5 Å². The summed E-state index contributed by atoms with van der Waals surface area (Å²) in [6, 6.07) is 8.18. The monoisotopic (exact) mass is 202 g/mol. The Bertz CT molecular complexity index is 617. The van der Waals surface area contributed by atoms with Gasteiger partial charge in [0, 0.05) is 17.5 Å². The summed E-state index contributed by atoms with van der Waals surface area (Å²) in [6.07, 6.45) is 0. The summed E-state index contributed by atoms with van der Waals surface area (Å²) < 4.78 is 0. The van der Waals surface area contributed by atoms with E-state index >= 15 is 0 Å². The van der Waals surface area contributed by atoms with Crippen LogP contribution in [0.2, 0.25) is 0 Å². The predicted octanol–water partition coefficient (Wildman–Crippen LogP) is 0.347. The smallest absolute Gasteiger partial charge is 0.253 e. The molecule has 0 radical (unpaired) electrons. The van der Waals surface area contributed by atoms with E-state index < -0.39 is 0 Å². The fraction of sp³-hybridized carbons (Fsp3) is 0.0909. The van der Waals surface area contributed by atoms with Gasteiger partial charge in [-0.05, 0) is 18.2 Å². The summed E-state index contributed by atoms with van der Waals surface area (Å²) in [6.45, 7) is 0.0611. The van der Waals surface area contributed by atoms with Gasteiger partial charge in [0.1, 0.15) is 0 Å². The molecule has 3 N–H and O–H groups in total. The maximum atomic E-state index is 11.7. The van der Waals surface area contributed by atoms with Crippen LogP contribution in [0.15, 0.2) is 39.9 Å². The highest BCUT2D eigenvalue weighted by molar-refractivity contribution is 5.77. The Morgan fingerprint density at radius 3 is 2.67 bits per heavy atom. The van der Waals surface area contributed by atoms with Gasteiger partial charge in [0.25, 0.3) is 5.56 Å². The lowest BCUT2D eigenvalue weighted by Crippen LogP contribution is -2.13. The predicted molar refractivity (Wildman–Crippen MR) is 58.7 cm³/mol. The first-order valence-electron chi connectivity index (χ1n) is 4.57. The summed E-state index contributed by atoms with van der Waals surface area (Å²) in [5.41, 5.74) is 5.72. The van der Waals surface area contributed by atoms with Crippen molar-refractivity contribution in [3.63, 3.8) is 0 Å². The Kier molecular flexibility index (Phi) is 2.35. The van der Waals surface area contributed by atoms with Crippen molar-refractivity contribution >= 4 is 10.9 Å². The second kappa shape index (κ2) is 3.67. The maximum absolute atomic E-state index is 11.7. The first-order valence-corrected chi connectivity index (χ1v) is 4.57. The third kappa shape index (κ3) is 1.67. The number of para-hydroxylation sites is 1. The van der Waals surface area contributed by atoms with Crippen molar-refractivity contribution < 1.29 is 0 Å². The van der Waals surface area contributed by atoms with Crippen LogP contribution in [0.1, 0.15) is 5.56 Å². The average Bonchev–Trinajstić information content (AvgIpc) is 2.37. The highest BCUT2D eigenvalue weighted by Crippen LogP contribution is 2.02. The first kappa shape index (κ1) is 9.61. The molecule has 0 fully saturated rings. The molecule has 0 amide bonds. The third-order valence-electron chi connectivity index (χ3n) is 2.26. The van der Waals surface area contributed by atoms with Crippen molar-refractivity contribution in [2.45, 2.75) is 6.54 Å². The molecule has 0 saturated carbocycles. The Morgan fingerprint density at radius 1 is 1.20 bits per heavy atom. The van der Waals surface area contributed by atoms with Crippen LogP contribution < -0.4 is 16.7 Å². The quantitative estimate of drug-likeness (QED) is 0.700. The van der Waals surface area contributed by atoms with E-state index in [9.17, 15) is 9.59 Å². The molecule has 0 atom stereocenters. The molecule has 4 nitrogen and oxygen atoms in total. The maximum Gasteiger partial charge on any atom is 0.253 e. The van der Waals surface area contributed by atoms with Crippen LogP contribution in [0.3, 0.4) is 0 Å². The third-order valence-corrected chi connectivity index (χ3v) is 2.26. The van der Waals surface area contributed by atoms with Crippen LogP contribution in [0.25, 0.3) is 10.9 Å². The zero-order valence-corrected chi connectivity index (χ0v) is 7.99. The Hall–Kier alpha value is -1.94. The van der Waals surface area contributed by atoms with Gasteiger partial charge in [0.05, 0.1) is 5.52 Å². The van der Waals surface area contributed by atoms with Crippen molar-refractivity contribution in [1.82, 2.24) is 4.98 Å². The van der Waals surface area contributed by atoms with E-state index in [1.807, 2.05) is 0 Å². The average molecular weight is 202 g/mol. The van der Waals surface area contributed by atoms with Gasteiger partial charge in [-0.25, -0.2) is 0 Å². The summed E-state index contributed by atoms with van der Waals surface area (Å²) in [5, 5.41) is 0.495. The Balaban J connectivity index is 3.03. The normalized spacial score (nSPS) is 10.5. The lowest BCUT2D eigenvalue weighted by Gasteiger charge is -1.87. The molecule has 2 aromatic rings. The molecule has 76 valence electrons. The van der Waals surface area contributed by atoms with Crippen molar-refractivity contribution in [2.75, 3.05) is 0 Å². The molecule has 2 rings (SSSR count). The largest absolute Gasteiger partial charge is 0.326 e. The molecule has 1 aromatic heterocycles. The number of nitrogens with one attached hydrogen (secondary N) is 1. The highest BCUT2D eigenvalue weighted by atomic mass is 16.1. The number of fused-ring (bicyclic) bond motifs is 1. The van der Waals surface area contributed by atoms with Gasteiger partial charge >= 0.3 is 0 Å². The molecule has 0 spiro atoms. The van der Waals surface area contributed by atoms with Gasteiger partial charge in [0.15, 0.2) is 5.43 Å². The highest BCUT2D eigenvalue weighted by Gasteiger charge is 2.00. The van der Waals surface area contributed by atoms with Crippen LogP contribution >= 0.6 is 0 Å². The number of rotatable bonds is 1. The number of H-pyrrole nitrogens is 1. The molecule has 0 saturated heterocycles. The molecular weight excluding hydrogens is 192 g/mol. The van der Waals surface area contributed by atoms with E-state index in [2.05, 4.69) is 4.98 Å². The second-order valence-electron chi connectivity index (χ2n) is 3.24. The standard InChI is InChI=1S/C11H10N2O2/c12-6-7-5-10(14)8-3-1-2-4-9(8)13-11(7)15/h1-5H,6,12H2,(H,13,15). The molecule has 0 aliphatic rings. The SMILES string of the molecule is NCc1cc(=O)c2ccccc2[nH]c1=O. The first-order chi connectivity index (χ1) is 7.22. The summed E-state index contributed by atoms with van der Waals surface area (Å²) in [4.78, 5) is 25.9. The molecule has 0 bridgehead atoms. The van der Waals surface area contributed by atoms with Gasteiger partial charge in [-0.3, -0.25) is 9.59 Å². The fourth-order valence-electron chi connectivity index (χ4n) is 1.46. The number of aromatic amines is 1. The van der Waals surface area contributed by atoms with Crippen LogP contribution in [0.4, 0.5) is 0 Å². The number of nitrogens with two attached hydrogens (primary N) is 1. The van der Waals surface area contributed by atoms with Gasteiger partial charge in [0.2, 0.25) is 0 Å². The van der Waals surface area contributed by atoms with Crippen molar-refractivity contribution in [3.05, 3.63) is 56.5 Å². The minimum Gasteiger partial charge on any atom is -0.326 e. The molecule has 15 heavy (non-hydrogen) atoms. The van der Waals surface area contributed by atoms with Gasteiger partial charge in [-0.15, -0.1) is 0 Å². The van der Waals surface area contributed by atoms with Crippen LogP contribution in [-0.4, -0.2) is 4.98 Å². The lowest BCUT2D eigenvalue weighted by molar-refractivity contribution is 1.03. The van der Waals surface area contributed by atoms with E-state index in [0.29, 0.717) is 16.5 Å². The van der Waals surface area contributed by atoms with Gasteiger partial charge in [-0.1, -0.05) is 12.1 Å². The van der Waals surface area contributed by atoms with Crippen molar-refractivity contribution in [1.29, 1.82) is 0 Å². The Labute approximate surface area is 85.4 Å². The molecule has 0 unspecified atom stereocenters. The van der Waals surface area contributed by atoms with E-state index in [0.717, 1.165) is 0 Å². The number of hydrogen-bond donors (Lipinski definition) is 2. The second-order valence-corrected chi connectivity index (χ2v) is 3.24. The number of benzene rings is 1. The number of hydrogen-bond acceptors (Lipinski definition) is 3. The molecule has 0 aliphatic carbocycles. The zero-order valence-electron chi connectivity index (χ0n) is 7.99. The van der Waals surface area contributed by atoms with Gasteiger partial charge in [-0.2, -0.15) is 0 Å². The molecule has 0 aliphatic heterocycles. The van der Waals surface area contributed by atoms with Crippen LogP contribution in [0.5, 0.6) is 0 Å². The zero-order chi connectivity index (χ0) is 10.8. The van der Waals surface area contributed by atoms with Crippen LogP contribution in [0, 0.1) is 0 Å². The lowest BCUT2D eigenvalue weighted by atomic mass is 10.2. The topological polar surface area (TPSA) is 76.0 Å². The van der Waals surface area contributed by atoms with E-state index in [4.69, 9.17) is 5.73 Å². The fourth-order valence-corrected chi connectivity index (χ4v) is 1.46. The Morgan fingerprint density at radius 2 is 1.93 bits per heavy atom. The molecule has 1 heterocycles. The molecule has 1 aromatic carbocycles. The number of aromatic nitrogens is 1. The van der Waals surface area contributed by atoms with Crippen molar-refractivity contribution in [2.24, 2.45) is 5.73 Å². The summed E-state index contributed by atoms with van der Waals surface area (Å²) >= 11 is 0. The molecule has 4 heteroatoms.